The number of Topliss-reactive ketones (excluding diaryl/α,β-unsaturated/α-hetero) is 2. The van der Waals surface area contributed by atoms with E-state index in [1.165, 1.54) is 0 Å². The van der Waals surface area contributed by atoms with E-state index < -0.39 is 0 Å². The Morgan fingerprint density at radius 3 is 2.04 bits per heavy atom. The van der Waals surface area contributed by atoms with Crippen LogP contribution in [0.5, 0.6) is 0 Å². The highest BCUT2D eigenvalue weighted by atomic mass is 79.9. The Bertz CT molecular complexity index is 2440. The number of carbonyl (C=O) groups excluding carboxylic acids is 2. The molecule has 0 aliphatic heterocycles. The minimum absolute atomic E-state index is 0.0104. The minimum atomic E-state index is -0.346. The molecule has 54 heavy (non-hydrogen) atoms. The molecule has 272 valence electrons. The molecule has 0 bridgehead atoms. The Labute approximate surface area is 338 Å². The standard InChI is InChI=1S/C44H37BrCl2N4O2S/c1-24-18-29(19-25(2)42(24)52)27(4)48-51-41-36(46)16-15-31(39(41)47)33-22-32(28-12-9-8-10-13-28)37(23-35(33)45)49-50-40(38-14-11-17-54-38)30-20-26(3)43(53)34(21-30)44(5,6)7/h8-23H,1-7H3/b40-30+,50-49?,51-48?. The second kappa shape index (κ2) is 16.0. The number of azo groups is 2. The van der Waals surface area contributed by atoms with E-state index in [-0.39, 0.29) is 17.0 Å². The first-order chi connectivity index (χ1) is 25.6. The molecule has 0 unspecified atom stereocenters. The van der Waals surface area contributed by atoms with Gasteiger partial charge in [0.2, 0.25) is 0 Å². The summed E-state index contributed by atoms with van der Waals surface area (Å²) < 4.78 is 0.730. The maximum Gasteiger partial charge on any atom is 0.185 e. The minimum Gasteiger partial charge on any atom is -0.289 e. The fourth-order valence-corrected chi connectivity index (χ4v) is 7.94. The van der Waals surface area contributed by atoms with Crippen LogP contribution in [-0.4, -0.2) is 11.6 Å². The van der Waals surface area contributed by atoms with Crippen molar-refractivity contribution in [1.82, 2.24) is 0 Å². The monoisotopic (exact) mass is 834 g/mol. The largest absolute Gasteiger partial charge is 0.289 e. The molecular formula is C44H37BrCl2N4O2S. The fraction of sp³-hybridized carbons (Fsp3) is 0.182. The highest BCUT2D eigenvalue weighted by molar-refractivity contribution is 9.10. The molecule has 0 amide bonds. The van der Waals surface area contributed by atoms with Crippen molar-refractivity contribution in [3.05, 3.63) is 155 Å². The smallest absolute Gasteiger partial charge is 0.185 e. The average molecular weight is 837 g/mol. The summed E-state index contributed by atoms with van der Waals surface area (Å²) in [6, 6.07) is 21.5. The molecule has 2 aliphatic rings. The van der Waals surface area contributed by atoms with Crippen LogP contribution in [0.15, 0.2) is 160 Å². The molecule has 3 aromatic carbocycles. The fourth-order valence-electron chi connectivity index (χ4n) is 6.12. The van der Waals surface area contributed by atoms with Gasteiger partial charge in [-0.3, -0.25) is 9.59 Å². The molecule has 1 aromatic heterocycles. The Hall–Kier alpha value is -4.60. The molecule has 2 aliphatic carbocycles. The van der Waals surface area contributed by atoms with Crippen molar-refractivity contribution in [1.29, 1.82) is 0 Å². The van der Waals surface area contributed by atoms with Crippen LogP contribution in [-0.2, 0) is 9.59 Å². The van der Waals surface area contributed by atoms with Crippen LogP contribution in [0.1, 0.15) is 53.3 Å². The van der Waals surface area contributed by atoms with E-state index in [9.17, 15) is 9.59 Å². The van der Waals surface area contributed by atoms with Crippen molar-refractivity contribution in [3.63, 3.8) is 0 Å². The van der Waals surface area contributed by atoms with Gasteiger partial charge in [0.1, 0.15) is 11.4 Å². The molecule has 0 spiro atoms. The van der Waals surface area contributed by atoms with Gasteiger partial charge in [0.25, 0.3) is 0 Å². The third kappa shape index (κ3) is 8.22. The predicted octanol–water partition coefficient (Wildman–Crippen LogP) is 15.0. The number of benzene rings is 3. The van der Waals surface area contributed by atoms with Gasteiger partial charge in [0, 0.05) is 26.7 Å². The Balaban J connectivity index is 1.47. The molecule has 0 radical (unpaired) electrons. The normalized spacial score (nSPS) is 16.1. The van der Waals surface area contributed by atoms with E-state index in [1.54, 1.807) is 43.4 Å². The number of hydrogen-bond donors (Lipinski definition) is 0. The van der Waals surface area contributed by atoms with E-state index in [2.05, 4.69) is 26.2 Å². The number of thiophene rings is 1. The third-order valence-electron chi connectivity index (χ3n) is 9.07. The molecule has 0 atom stereocenters. The molecule has 4 aromatic rings. The van der Waals surface area contributed by atoms with Gasteiger partial charge in [-0.15, -0.1) is 26.7 Å². The lowest BCUT2D eigenvalue weighted by atomic mass is 9.78. The van der Waals surface area contributed by atoms with Crippen LogP contribution in [0.4, 0.5) is 11.4 Å². The van der Waals surface area contributed by atoms with Crippen LogP contribution in [0.3, 0.4) is 0 Å². The van der Waals surface area contributed by atoms with E-state index in [0.717, 1.165) is 42.8 Å². The molecule has 6 rings (SSSR count). The zero-order chi connectivity index (χ0) is 38.9. The first-order valence-electron chi connectivity index (χ1n) is 17.2. The number of carbonyl (C=O) groups is 2. The number of nitrogens with zero attached hydrogens (tertiary/aromatic N) is 4. The van der Waals surface area contributed by atoms with Crippen LogP contribution in [0.2, 0.25) is 10.0 Å². The molecule has 10 heteroatoms. The van der Waals surface area contributed by atoms with Crippen molar-refractivity contribution in [2.24, 2.45) is 25.9 Å². The van der Waals surface area contributed by atoms with E-state index >= 15 is 0 Å². The van der Waals surface area contributed by atoms with Crippen LogP contribution < -0.4 is 0 Å². The molecule has 0 saturated carbocycles. The maximum atomic E-state index is 13.2. The Kier molecular flexibility index (Phi) is 11.6. The summed E-state index contributed by atoms with van der Waals surface area (Å²) in [5, 5.41) is 21.4. The zero-order valence-electron chi connectivity index (χ0n) is 30.9. The van der Waals surface area contributed by atoms with Gasteiger partial charge in [-0.1, -0.05) is 102 Å². The van der Waals surface area contributed by atoms with Crippen molar-refractivity contribution < 1.29 is 9.59 Å². The second-order valence-corrected chi connectivity index (χ2v) is 16.7. The molecule has 1 heterocycles. The van der Waals surface area contributed by atoms with Crippen molar-refractivity contribution >= 4 is 79.1 Å². The lowest BCUT2D eigenvalue weighted by Crippen LogP contribution is -2.21. The predicted molar refractivity (Wildman–Crippen MR) is 227 cm³/mol. The Morgan fingerprint density at radius 1 is 0.722 bits per heavy atom. The molecule has 0 fully saturated rings. The summed E-state index contributed by atoms with van der Waals surface area (Å²) in [6.45, 7) is 13.4. The van der Waals surface area contributed by atoms with Gasteiger partial charge < -0.3 is 0 Å². The summed E-state index contributed by atoms with van der Waals surface area (Å²) in [4.78, 5) is 26.4. The van der Waals surface area contributed by atoms with E-state index in [1.807, 2.05) is 113 Å². The van der Waals surface area contributed by atoms with Crippen molar-refractivity contribution in [3.8, 4) is 22.3 Å². The number of halogens is 3. The molecule has 0 saturated heterocycles. The quantitative estimate of drug-likeness (QED) is 0.174. The average Bonchev–Trinajstić information content (AvgIpc) is 3.67. The molecule has 6 nitrogen and oxygen atoms in total. The van der Waals surface area contributed by atoms with E-state index in [0.29, 0.717) is 55.1 Å². The van der Waals surface area contributed by atoms with Gasteiger partial charge >= 0.3 is 0 Å². The van der Waals surface area contributed by atoms with Gasteiger partial charge in [-0.2, -0.15) is 5.11 Å². The summed E-state index contributed by atoms with van der Waals surface area (Å²) in [6.07, 6.45) is 7.45. The highest BCUT2D eigenvalue weighted by Crippen LogP contribution is 2.47. The second-order valence-electron chi connectivity index (χ2n) is 14.1. The van der Waals surface area contributed by atoms with Gasteiger partial charge in [0.05, 0.1) is 26.3 Å². The highest BCUT2D eigenvalue weighted by Gasteiger charge is 2.28. The van der Waals surface area contributed by atoms with Crippen molar-refractivity contribution in [2.75, 3.05) is 0 Å². The summed E-state index contributed by atoms with van der Waals surface area (Å²) in [5.41, 5.74) is 9.45. The van der Waals surface area contributed by atoms with Crippen LogP contribution >= 0.6 is 50.5 Å². The molecular weight excluding hydrogens is 799 g/mol. The summed E-state index contributed by atoms with van der Waals surface area (Å²) in [5.74, 6) is 0.0508. The first-order valence-corrected chi connectivity index (χ1v) is 19.6. The molecule has 0 N–H and O–H groups in total. The SMILES string of the molecule is CC1=CC(=C(C)N=Nc2c(Cl)ccc(-c3cc(-c4ccccc4)c(N=N/C(=C4\C=C(C)C(=O)C(C(C)(C)C)=C4)c4cccs4)cc3Br)c2Cl)C=C(C)C1=O. The topological polar surface area (TPSA) is 83.6 Å². The number of ketones is 2. The Morgan fingerprint density at radius 2 is 1.39 bits per heavy atom. The number of rotatable bonds is 7. The van der Waals surface area contributed by atoms with Gasteiger partial charge in [-0.25, -0.2) is 0 Å². The van der Waals surface area contributed by atoms with Crippen LogP contribution in [0.25, 0.3) is 28.0 Å². The number of hydrogen-bond acceptors (Lipinski definition) is 7. The van der Waals surface area contributed by atoms with Crippen molar-refractivity contribution in [2.45, 2.75) is 48.5 Å². The maximum absolute atomic E-state index is 13.2. The van der Waals surface area contributed by atoms with E-state index in [4.69, 9.17) is 33.4 Å². The first kappa shape index (κ1) is 39.1. The zero-order valence-corrected chi connectivity index (χ0v) is 34.8. The lowest BCUT2D eigenvalue weighted by molar-refractivity contribution is -0.113. The summed E-state index contributed by atoms with van der Waals surface area (Å²) in [7, 11) is 0. The summed E-state index contributed by atoms with van der Waals surface area (Å²) >= 11 is 19.1. The third-order valence-corrected chi connectivity index (χ3v) is 11.3. The van der Waals surface area contributed by atoms with Crippen LogP contribution in [0, 0.1) is 5.41 Å². The number of allylic oxidation sites excluding steroid dienone is 11. The van der Waals surface area contributed by atoms with Gasteiger partial charge in [-0.05, 0) is 120 Å². The lowest BCUT2D eigenvalue weighted by Gasteiger charge is -2.25. The van der Waals surface area contributed by atoms with Gasteiger partial charge in [0.15, 0.2) is 11.6 Å².